The van der Waals surface area contributed by atoms with Crippen LogP contribution in [0.2, 0.25) is 0 Å². The molecule has 128 valence electrons. The molecular weight excluding hydrogens is 296 g/mol. The second-order valence-corrected chi connectivity index (χ2v) is 6.91. The molecule has 0 bridgehead atoms. The summed E-state index contributed by atoms with van der Waals surface area (Å²) in [7, 11) is 2.82. The smallest absolute Gasteiger partial charge is 0.332 e. The summed E-state index contributed by atoms with van der Waals surface area (Å²) in [5, 5.41) is 0. The first-order valence-electron chi connectivity index (χ1n) is 7.98. The highest BCUT2D eigenvalue weighted by molar-refractivity contribution is 6.03. The predicted molar refractivity (Wildman–Crippen MR) is 89.6 cm³/mol. The molecule has 3 atom stereocenters. The Kier molecular flexibility index (Phi) is 4.79. The Balaban J connectivity index is 2.41. The Bertz CT molecular complexity index is 724. The molecule has 1 saturated heterocycles. The fraction of sp³-hybridized carbons (Fsp3) is 0.688. The summed E-state index contributed by atoms with van der Waals surface area (Å²) >= 11 is 0. The number of hydrogen-bond donors (Lipinski definition) is 1. The quantitative estimate of drug-likeness (QED) is 0.804. The number of rotatable bonds is 3. The number of anilines is 1. The van der Waals surface area contributed by atoms with Gasteiger partial charge in [0.15, 0.2) is 5.78 Å². The number of Topliss-reactive ketones (excluding diaryl/α,β-unsaturated/α-hetero) is 1. The van der Waals surface area contributed by atoms with Gasteiger partial charge in [-0.3, -0.25) is 23.6 Å². The van der Waals surface area contributed by atoms with Gasteiger partial charge in [-0.15, -0.1) is 0 Å². The molecule has 0 spiro atoms. The molecular formula is C16H26N4O3. The molecule has 1 fully saturated rings. The van der Waals surface area contributed by atoms with E-state index in [-0.39, 0.29) is 17.2 Å². The van der Waals surface area contributed by atoms with Crippen molar-refractivity contribution < 1.29 is 4.79 Å². The minimum absolute atomic E-state index is 0.0620. The Labute approximate surface area is 135 Å². The number of nitrogen functional groups attached to an aromatic ring is 1. The Morgan fingerprint density at radius 2 is 1.65 bits per heavy atom. The topological polar surface area (TPSA) is 90.3 Å². The van der Waals surface area contributed by atoms with Crippen LogP contribution in [-0.2, 0) is 14.1 Å². The number of carbonyl (C=O) groups is 1. The summed E-state index contributed by atoms with van der Waals surface area (Å²) in [6.45, 7) is 7.78. The van der Waals surface area contributed by atoms with E-state index in [1.165, 1.54) is 14.1 Å². The van der Waals surface area contributed by atoms with E-state index in [1.807, 2.05) is 0 Å². The van der Waals surface area contributed by atoms with E-state index in [9.17, 15) is 14.4 Å². The highest BCUT2D eigenvalue weighted by Crippen LogP contribution is 2.24. The predicted octanol–water partition coefficient (Wildman–Crippen LogP) is 0.215. The van der Waals surface area contributed by atoms with Crippen LogP contribution in [0.25, 0.3) is 0 Å². The summed E-state index contributed by atoms with van der Waals surface area (Å²) < 4.78 is 2.07. The third-order valence-corrected chi connectivity index (χ3v) is 4.78. The average molecular weight is 322 g/mol. The number of nitrogens with two attached hydrogens (primary N) is 1. The van der Waals surface area contributed by atoms with Gasteiger partial charge in [0.05, 0.1) is 6.04 Å². The summed E-state index contributed by atoms with van der Waals surface area (Å²) in [5.41, 5.74) is 4.64. The van der Waals surface area contributed by atoms with Crippen LogP contribution in [0.1, 0.15) is 37.6 Å². The molecule has 1 aromatic rings. The largest absolute Gasteiger partial charge is 0.384 e. The molecule has 1 aliphatic rings. The van der Waals surface area contributed by atoms with E-state index in [1.54, 1.807) is 6.92 Å². The molecule has 1 aliphatic heterocycles. The minimum atomic E-state index is -0.624. The zero-order chi connectivity index (χ0) is 17.5. The number of hydrogen-bond acceptors (Lipinski definition) is 5. The molecule has 7 heteroatoms. The van der Waals surface area contributed by atoms with Crippen LogP contribution in [0.4, 0.5) is 5.82 Å². The highest BCUT2D eigenvalue weighted by Gasteiger charge is 2.32. The summed E-state index contributed by atoms with van der Waals surface area (Å²) in [6, 6.07) is -0.437. The van der Waals surface area contributed by atoms with E-state index in [4.69, 9.17) is 5.73 Å². The van der Waals surface area contributed by atoms with Crippen LogP contribution in [0, 0.1) is 11.8 Å². The second-order valence-electron chi connectivity index (χ2n) is 6.91. The van der Waals surface area contributed by atoms with Crippen molar-refractivity contribution >= 4 is 11.6 Å². The summed E-state index contributed by atoms with van der Waals surface area (Å²) in [4.78, 5) is 39.2. The summed E-state index contributed by atoms with van der Waals surface area (Å²) in [5.74, 6) is 0.636. The van der Waals surface area contributed by atoms with Gasteiger partial charge in [0, 0.05) is 27.2 Å². The van der Waals surface area contributed by atoms with Gasteiger partial charge >= 0.3 is 5.69 Å². The molecule has 0 amide bonds. The van der Waals surface area contributed by atoms with E-state index in [2.05, 4.69) is 18.7 Å². The normalized spacial score (nSPS) is 23.7. The first-order valence-corrected chi connectivity index (χ1v) is 7.98. The molecule has 2 heterocycles. The van der Waals surface area contributed by atoms with Gasteiger partial charge in [-0.05, 0) is 25.2 Å². The van der Waals surface area contributed by atoms with Crippen molar-refractivity contribution in [1.29, 1.82) is 0 Å². The van der Waals surface area contributed by atoms with Gasteiger partial charge in [-0.1, -0.05) is 13.8 Å². The second kappa shape index (κ2) is 6.31. The molecule has 2 N–H and O–H groups in total. The van der Waals surface area contributed by atoms with Gasteiger partial charge in [0.25, 0.3) is 5.56 Å². The first kappa shape index (κ1) is 17.5. The van der Waals surface area contributed by atoms with Crippen LogP contribution in [0.3, 0.4) is 0 Å². The lowest BCUT2D eigenvalue weighted by atomic mass is 9.90. The zero-order valence-corrected chi connectivity index (χ0v) is 14.5. The molecule has 1 aromatic heterocycles. The zero-order valence-electron chi connectivity index (χ0n) is 14.5. The van der Waals surface area contributed by atoms with Crippen LogP contribution in [-0.4, -0.2) is 38.9 Å². The SMILES string of the molecule is C[C@H]1C[C@H](C)CN([C@@H](C)C(=O)c2c(N)n(C)c(=O)n(C)c2=O)C1. The first-order chi connectivity index (χ1) is 10.6. The van der Waals surface area contributed by atoms with E-state index >= 15 is 0 Å². The lowest BCUT2D eigenvalue weighted by molar-refractivity contribution is 0.0685. The molecule has 2 rings (SSSR count). The monoisotopic (exact) mass is 322 g/mol. The van der Waals surface area contributed by atoms with Gasteiger partial charge < -0.3 is 5.73 Å². The van der Waals surface area contributed by atoms with Crippen molar-refractivity contribution in [3.63, 3.8) is 0 Å². The Hall–Kier alpha value is -1.89. The van der Waals surface area contributed by atoms with Gasteiger partial charge in [0.1, 0.15) is 11.4 Å². The fourth-order valence-electron chi connectivity index (χ4n) is 3.49. The third kappa shape index (κ3) is 3.10. The van der Waals surface area contributed by atoms with Crippen LogP contribution >= 0.6 is 0 Å². The summed E-state index contributed by atoms with van der Waals surface area (Å²) in [6.07, 6.45) is 1.14. The number of ketones is 1. The lowest BCUT2D eigenvalue weighted by Crippen LogP contribution is -2.50. The van der Waals surface area contributed by atoms with Crippen molar-refractivity contribution in [3.05, 3.63) is 26.4 Å². The molecule has 0 radical (unpaired) electrons. The molecule has 23 heavy (non-hydrogen) atoms. The van der Waals surface area contributed by atoms with E-state index in [0.29, 0.717) is 11.8 Å². The van der Waals surface area contributed by atoms with Gasteiger partial charge in [-0.25, -0.2) is 4.79 Å². The molecule has 7 nitrogen and oxygen atoms in total. The van der Waals surface area contributed by atoms with Crippen molar-refractivity contribution in [3.8, 4) is 0 Å². The molecule has 0 saturated carbocycles. The Morgan fingerprint density at radius 1 is 1.13 bits per heavy atom. The lowest BCUT2D eigenvalue weighted by Gasteiger charge is -2.38. The van der Waals surface area contributed by atoms with Crippen molar-refractivity contribution in [1.82, 2.24) is 14.0 Å². The van der Waals surface area contributed by atoms with Crippen molar-refractivity contribution in [2.24, 2.45) is 25.9 Å². The third-order valence-electron chi connectivity index (χ3n) is 4.78. The number of likely N-dealkylation sites (tertiary alicyclic amines) is 1. The number of aromatic nitrogens is 2. The van der Waals surface area contributed by atoms with Gasteiger partial charge in [0.2, 0.25) is 0 Å². The molecule has 0 aromatic carbocycles. The number of carbonyl (C=O) groups excluding carboxylic acids is 1. The molecule has 0 unspecified atom stereocenters. The minimum Gasteiger partial charge on any atom is -0.384 e. The number of piperidine rings is 1. The van der Waals surface area contributed by atoms with E-state index < -0.39 is 17.3 Å². The maximum Gasteiger partial charge on any atom is 0.332 e. The highest BCUT2D eigenvalue weighted by atomic mass is 16.2. The molecule has 0 aliphatic carbocycles. The maximum atomic E-state index is 12.9. The average Bonchev–Trinajstić information content (AvgIpc) is 2.49. The van der Waals surface area contributed by atoms with Crippen LogP contribution in [0.5, 0.6) is 0 Å². The Morgan fingerprint density at radius 3 is 2.17 bits per heavy atom. The maximum absolute atomic E-state index is 12.9. The number of nitrogens with zero attached hydrogens (tertiary/aromatic N) is 3. The van der Waals surface area contributed by atoms with Crippen LogP contribution in [0.15, 0.2) is 9.59 Å². The van der Waals surface area contributed by atoms with Crippen molar-refractivity contribution in [2.45, 2.75) is 33.2 Å². The van der Waals surface area contributed by atoms with Crippen molar-refractivity contribution in [2.75, 3.05) is 18.8 Å². The standard InChI is InChI=1S/C16H26N4O3/c1-9-6-10(2)8-20(7-9)11(3)13(21)12-14(17)18(4)16(23)19(5)15(12)22/h9-11H,6-8,17H2,1-5H3/t9-,10-,11-/m0/s1. The van der Waals surface area contributed by atoms with Gasteiger partial charge in [-0.2, -0.15) is 0 Å². The fourth-order valence-corrected chi connectivity index (χ4v) is 3.49. The van der Waals surface area contributed by atoms with Crippen LogP contribution < -0.4 is 17.0 Å². The van der Waals surface area contributed by atoms with E-state index in [0.717, 1.165) is 28.6 Å².